The van der Waals surface area contributed by atoms with Crippen LogP contribution in [0.4, 0.5) is 0 Å². The molecule has 0 amide bonds. The van der Waals surface area contributed by atoms with Gasteiger partial charge in [-0.1, -0.05) is 30.3 Å². The minimum atomic E-state index is -3.74. The van der Waals surface area contributed by atoms with Crippen molar-refractivity contribution in [2.75, 3.05) is 13.1 Å². The van der Waals surface area contributed by atoms with Crippen LogP contribution in [0.15, 0.2) is 65.7 Å². The number of likely N-dealkylation sites (tertiary alicyclic amines) is 1. The summed E-state index contributed by atoms with van der Waals surface area (Å²) in [6, 6.07) is 16.9. The van der Waals surface area contributed by atoms with Crippen molar-refractivity contribution in [2.24, 2.45) is 0 Å². The van der Waals surface area contributed by atoms with Gasteiger partial charge in [-0.25, -0.2) is 13.4 Å². The number of aryl methyl sites for hydroxylation is 1. The van der Waals surface area contributed by atoms with Gasteiger partial charge in [0.25, 0.3) is 0 Å². The normalized spacial score (nSPS) is 23.4. The zero-order chi connectivity index (χ0) is 20.7. The lowest BCUT2D eigenvalue weighted by Crippen LogP contribution is -2.46. The quantitative estimate of drug-likeness (QED) is 0.622. The van der Waals surface area contributed by atoms with Crippen LogP contribution in [0.1, 0.15) is 15.3 Å². The maximum Gasteiger partial charge on any atom is 0.249 e. The van der Waals surface area contributed by atoms with E-state index in [0.717, 1.165) is 12.1 Å². The summed E-state index contributed by atoms with van der Waals surface area (Å²) in [4.78, 5) is 9.23. The van der Waals surface area contributed by atoms with Gasteiger partial charge in [-0.15, -0.1) is 11.3 Å². The predicted octanol–water partition coefficient (Wildman–Crippen LogP) is 3.29. The number of pyridine rings is 1. The molecule has 1 fully saturated rings. The third-order valence-electron chi connectivity index (χ3n) is 5.63. The molecule has 156 valence electrons. The maximum absolute atomic E-state index is 13.6. The van der Waals surface area contributed by atoms with Crippen LogP contribution in [-0.4, -0.2) is 47.8 Å². The molecule has 0 aliphatic carbocycles. The van der Waals surface area contributed by atoms with Crippen LogP contribution >= 0.6 is 11.3 Å². The fourth-order valence-electron chi connectivity index (χ4n) is 4.22. The zero-order valence-electron chi connectivity index (χ0n) is 16.6. The maximum atomic E-state index is 13.6. The van der Waals surface area contributed by atoms with Crippen LogP contribution in [0.3, 0.4) is 0 Å². The van der Waals surface area contributed by atoms with Crippen molar-refractivity contribution in [3.8, 4) is 5.88 Å². The van der Waals surface area contributed by atoms with Gasteiger partial charge in [0.1, 0.15) is 11.0 Å². The first-order valence-electron chi connectivity index (χ1n) is 9.96. The second-order valence-corrected chi connectivity index (χ2v) is 11.0. The number of rotatable bonds is 4. The second-order valence-electron chi connectivity index (χ2n) is 7.77. The number of nitrogens with zero attached hydrogens (tertiary/aromatic N) is 3. The van der Waals surface area contributed by atoms with Crippen molar-refractivity contribution < 1.29 is 13.2 Å². The minimum Gasteiger partial charge on any atom is -0.470 e. The SMILES string of the molecule is Cc1ccc(CN2C[C@@H]3Oc4ncccc4S(=O)(=O)N(Cc4ccccc4)[C@H]3C2)s1. The van der Waals surface area contributed by atoms with E-state index in [0.29, 0.717) is 19.6 Å². The summed E-state index contributed by atoms with van der Waals surface area (Å²) in [7, 11) is -3.74. The monoisotopic (exact) mass is 441 g/mol. The molecule has 2 atom stereocenters. The van der Waals surface area contributed by atoms with Crippen LogP contribution in [0.25, 0.3) is 0 Å². The smallest absolute Gasteiger partial charge is 0.249 e. The molecule has 0 saturated carbocycles. The van der Waals surface area contributed by atoms with Gasteiger partial charge in [-0.05, 0) is 36.8 Å². The molecule has 0 spiro atoms. The summed E-state index contributed by atoms with van der Waals surface area (Å²) >= 11 is 1.78. The van der Waals surface area contributed by atoms with Crippen molar-refractivity contribution in [1.82, 2.24) is 14.2 Å². The standard InChI is InChI=1S/C22H23N3O3S2/c1-16-9-10-18(29-16)13-24-14-19-20(15-24)28-22-21(8-5-11-23-22)30(26,27)25(19)12-17-6-3-2-4-7-17/h2-11,19-20H,12-15H2,1H3/t19-,20-/m0/s1. The van der Waals surface area contributed by atoms with E-state index in [1.807, 2.05) is 30.3 Å². The number of ether oxygens (including phenoxy) is 1. The number of sulfonamides is 1. The molecule has 1 aromatic carbocycles. The molecule has 0 N–H and O–H groups in total. The highest BCUT2D eigenvalue weighted by atomic mass is 32.2. The Morgan fingerprint density at radius 3 is 2.67 bits per heavy atom. The van der Waals surface area contributed by atoms with E-state index in [-0.39, 0.29) is 22.9 Å². The lowest BCUT2D eigenvalue weighted by atomic mass is 10.1. The van der Waals surface area contributed by atoms with Gasteiger partial charge in [-0.3, -0.25) is 4.90 Å². The van der Waals surface area contributed by atoms with Gasteiger partial charge in [0.2, 0.25) is 15.9 Å². The molecular formula is C22H23N3O3S2. The van der Waals surface area contributed by atoms with E-state index >= 15 is 0 Å². The zero-order valence-corrected chi connectivity index (χ0v) is 18.3. The fraction of sp³-hybridized carbons (Fsp3) is 0.318. The highest BCUT2D eigenvalue weighted by molar-refractivity contribution is 7.89. The number of hydrogen-bond acceptors (Lipinski definition) is 6. The molecule has 6 nitrogen and oxygen atoms in total. The van der Waals surface area contributed by atoms with Crippen molar-refractivity contribution in [1.29, 1.82) is 0 Å². The van der Waals surface area contributed by atoms with Crippen molar-refractivity contribution >= 4 is 21.4 Å². The Morgan fingerprint density at radius 1 is 1.07 bits per heavy atom. The van der Waals surface area contributed by atoms with E-state index < -0.39 is 10.0 Å². The average Bonchev–Trinajstić information content (AvgIpc) is 3.31. The first-order valence-corrected chi connectivity index (χ1v) is 12.2. The number of thiophene rings is 1. The Hall–Kier alpha value is -2.26. The third-order valence-corrected chi connectivity index (χ3v) is 8.49. The Bertz CT molecular complexity index is 1150. The Labute approximate surface area is 180 Å². The highest BCUT2D eigenvalue weighted by Gasteiger charge is 2.47. The van der Waals surface area contributed by atoms with Crippen LogP contribution in [-0.2, 0) is 23.1 Å². The van der Waals surface area contributed by atoms with Gasteiger partial charge in [0.15, 0.2) is 0 Å². The van der Waals surface area contributed by atoms with Crippen molar-refractivity contribution in [2.45, 2.75) is 37.1 Å². The first kappa shape index (κ1) is 19.7. The van der Waals surface area contributed by atoms with Crippen LogP contribution < -0.4 is 4.74 Å². The summed E-state index contributed by atoms with van der Waals surface area (Å²) in [6.07, 6.45) is 1.32. The first-order chi connectivity index (χ1) is 14.5. The Morgan fingerprint density at radius 2 is 1.90 bits per heavy atom. The largest absolute Gasteiger partial charge is 0.470 e. The summed E-state index contributed by atoms with van der Waals surface area (Å²) < 4.78 is 35.1. The van der Waals surface area contributed by atoms with Gasteiger partial charge in [0, 0.05) is 42.1 Å². The molecule has 8 heteroatoms. The van der Waals surface area contributed by atoms with Crippen molar-refractivity contribution in [3.05, 3.63) is 76.1 Å². The molecule has 30 heavy (non-hydrogen) atoms. The number of benzene rings is 1. The Balaban J connectivity index is 1.50. The average molecular weight is 442 g/mol. The van der Waals surface area contributed by atoms with E-state index in [2.05, 4.69) is 28.9 Å². The minimum absolute atomic E-state index is 0.149. The van der Waals surface area contributed by atoms with E-state index in [9.17, 15) is 8.42 Å². The van der Waals surface area contributed by atoms with Crippen LogP contribution in [0, 0.1) is 6.92 Å². The van der Waals surface area contributed by atoms with Crippen LogP contribution in [0.2, 0.25) is 0 Å². The van der Waals surface area contributed by atoms with Crippen molar-refractivity contribution in [3.63, 3.8) is 0 Å². The molecule has 4 heterocycles. The molecule has 0 radical (unpaired) electrons. The molecular weight excluding hydrogens is 418 g/mol. The molecule has 2 aliphatic rings. The summed E-state index contributed by atoms with van der Waals surface area (Å²) in [5, 5.41) is 0. The lowest BCUT2D eigenvalue weighted by Gasteiger charge is -2.28. The van der Waals surface area contributed by atoms with Gasteiger partial charge in [0.05, 0.1) is 6.04 Å². The molecule has 3 aromatic rings. The van der Waals surface area contributed by atoms with E-state index in [1.54, 1.807) is 34.0 Å². The fourth-order valence-corrected chi connectivity index (χ4v) is 6.85. The molecule has 1 saturated heterocycles. The number of hydrogen-bond donors (Lipinski definition) is 0. The topological polar surface area (TPSA) is 62.7 Å². The number of fused-ring (bicyclic) bond motifs is 2. The molecule has 5 rings (SSSR count). The van der Waals surface area contributed by atoms with Gasteiger partial charge in [-0.2, -0.15) is 4.31 Å². The van der Waals surface area contributed by atoms with Crippen LogP contribution in [0.5, 0.6) is 5.88 Å². The summed E-state index contributed by atoms with van der Waals surface area (Å²) in [5.74, 6) is 0.205. The van der Waals surface area contributed by atoms with E-state index in [1.165, 1.54) is 9.75 Å². The van der Waals surface area contributed by atoms with Gasteiger partial charge >= 0.3 is 0 Å². The highest BCUT2D eigenvalue weighted by Crippen LogP contribution is 2.36. The third kappa shape index (κ3) is 3.65. The molecule has 2 aromatic heterocycles. The Kier molecular flexibility index (Phi) is 5.10. The second kappa shape index (κ2) is 7.77. The molecule has 0 unspecified atom stereocenters. The predicted molar refractivity (Wildman–Crippen MR) is 116 cm³/mol. The molecule has 2 aliphatic heterocycles. The summed E-state index contributed by atoms with van der Waals surface area (Å²) in [5.41, 5.74) is 0.958. The lowest BCUT2D eigenvalue weighted by molar-refractivity contribution is 0.144. The van der Waals surface area contributed by atoms with E-state index in [4.69, 9.17) is 4.74 Å². The number of aromatic nitrogens is 1. The van der Waals surface area contributed by atoms with Gasteiger partial charge < -0.3 is 4.74 Å². The summed E-state index contributed by atoms with van der Waals surface area (Å²) in [6.45, 7) is 4.50. The molecule has 0 bridgehead atoms.